The second kappa shape index (κ2) is 9.43. The first-order chi connectivity index (χ1) is 12.1. The molecule has 2 N–H and O–H groups in total. The van der Waals surface area contributed by atoms with Crippen LogP contribution in [-0.2, 0) is 19.6 Å². The molecule has 1 rings (SSSR count). The minimum absolute atomic E-state index is 0.0559. The number of alkyl halides is 2. The van der Waals surface area contributed by atoms with Crippen LogP contribution in [0.3, 0.4) is 0 Å². The van der Waals surface area contributed by atoms with Gasteiger partial charge < -0.3 is 15.2 Å². The van der Waals surface area contributed by atoms with E-state index in [9.17, 15) is 26.8 Å². The average Bonchev–Trinajstić information content (AvgIpc) is 2.56. The molecule has 1 atom stereocenters. The molecule has 0 aliphatic rings. The lowest BCUT2D eigenvalue weighted by molar-refractivity contribution is -0.140. The van der Waals surface area contributed by atoms with Crippen molar-refractivity contribution in [3.8, 4) is 5.75 Å². The lowest BCUT2D eigenvalue weighted by Crippen LogP contribution is -2.46. The number of carbonyl (C=O) groups excluding carboxylic acids is 1. The van der Waals surface area contributed by atoms with Gasteiger partial charge in [-0.2, -0.15) is 4.31 Å². The summed E-state index contributed by atoms with van der Waals surface area (Å²) in [5.41, 5.74) is 0. The third kappa shape index (κ3) is 6.23. The number of carboxylic acid groups (broad SMARTS) is 1. The van der Waals surface area contributed by atoms with Gasteiger partial charge in [-0.25, -0.2) is 17.2 Å². The molecule has 0 radical (unpaired) electrons. The van der Waals surface area contributed by atoms with Crippen molar-refractivity contribution in [2.24, 2.45) is 0 Å². The molecule has 8 nitrogen and oxygen atoms in total. The summed E-state index contributed by atoms with van der Waals surface area (Å²) in [7, 11) is -4.19. The number of aliphatic carboxylic acids is 1. The van der Waals surface area contributed by atoms with Crippen LogP contribution >= 0.6 is 0 Å². The Morgan fingerprint density at radius 1 is 1.27 bits per heavy atom. The highest BCUT2D eigenvalue weighted by molar-refractivity contribution is 7.89. The van der Waals surface area contributed by atoms with Crippen molar-refractivity contribution >= 4 is 21.9 Å². The lowest BCUT2D eigenvalue weighted by Gasteiger charge is -2.25. The van der Waals surface area contributed by atoms with Gasteiger partial charge in [0.25, 0.3) is 6.43 Å². The van der Waals surface area contributed by atoms with Crippen molar-refractivity contribution in [1.82, 2.24) is 9.62 Å². The molecule has 0 fully saturated rings. The van der Waals surface area contributed by atoms with Crippen LogP contribution < -0.4 is 10.1 Å². The van der Waals surface area contributed by atoms with Crippen LogP contribution in [0.1, 0.15) is 13.8 Å². The molecule has 146 valence electrons. The number of sulfonamides is 1. The van der Waals surface area contributed by atoms with E-state index in [-0.39, 0.29) is 29.6 Å². The summed E-state index contributed by atoms with van der Waals surface area (Å²) >= 11 is 0. The fraction of sp³-hybridized carbons (Fsp3) is 0.467. The summed E-state index contributed by atoms with van der Waals surface area (Å²) in [6.45, 7) is 1.30. The number of carboxylic acids is 1. The molecule has 0 aliphatic carbocycles. The van der Waals surface area contributed by atoms with Crippen molar-refractivity contribution in [3.05, 3.63) is 24.3 Å². The molecule has 26 heavy (non-hydrogen) atoms. The quantitative estimate of drug-likeness (QED) is 0.610. The van der Waals surface area contributed by atoms with Crippen molar-refractivity contribution in [2.45, 2.75) is 31.2 Å². The Balaban J connectivity index is 3.02. The molecule has 0 aromatic heterocycles. The molecule has 1 aromatic rings. The molecule has 0 bridgehead atoms. The molecular formula is C15H20F2N2O6S. The Morgan fingerprint density at radius 3 is 2.31 bits per heavy atom. The van der Waals surface area contributed by atoms with Crippen molar-refractivity contribution < 1.29 is 36.6 Å². The molecule has 0 aliphatic heterocycles. The Kier molecular flexibility index (Phi) is 7.90. The fourth-order valence-corrected chi connectivity index (χ4v) is 3.58. The third-order valence-corrected chi connectivity index (χ3v) is 5.29. The Labute approximate surface area is 149 Å². The highest BCUT2D eigenvalue weighted by Crippen LogP contribution is 2.21. The smallest absolute Gasteiger partial charge is 0.321 e. The van der Waals surface area contributed by atoms with E-state index < -0.39 is 35.1 Å². The summed E-state index contributed by atoms with van der Waals surface area (Å²) in [4.78, 5) is 21.9. The SMILES string of the molecule is CC(=O)NCCN(C(C)C(=O)O)S(=O)(=O)c1ccc(OCC(F)F)cc1. The molecule has 0 saturated carbocycles. The first kappa shape index (κ1) is 21.8. The van der Waals surface area contributed by atoms with E-state index in [1.165, 1.54) is 26.0 Å². The minimum Gasteiger partial charge on any atom is -0.488 e. The van der Waals surface area contributed by atoms with E-state index in [2.05, 4.69) is 5.32 Å². The first-order valence-electron chi connectivity index (χ1n) is 7.55. The molecular weight excluding hydrogens is 374 g/mol. The number of carbonyl (C=O) groups is 2. The number of hydrogen-bond donors (Lipinski definition) is 2. The summed E-state index contributed by atoms with van der Waals surface area (Å²) in [6.07, 6.45) is -2.67. The van der Waals surface area contributed by atoms with Gasteiger partial charge >= 0.3 is 5.97 Å². The number of halogens is 2. The molecule has 11 heteroatoms. The molecule has 0 spiro atoms. The standard InChI is InChI=1S/C15H20F2N2O6S/c1-10(15(21)22)19(8-7-18-11(2)20)26(23,24)13-5-3-12(4-6-13)25-9-14(16)17/h3-6,10,14H,7-9H2,1-2H3,(H,18,20)(H,21,22). The largest absolute Gasteiger partial charge is 0.488 e. The zero-order valence-electron chi connectivity index (χ0n) is 14.2. The number of nitrogens with zero attached hydrogens (tertiary/aromatic N) is 1. The maximum absolute atomic E-state index is 12.7. The molecule has 1 unspecified atom stereocenters. The van der Waals surface area contributed by atoms with E-state index in [1.54, 1.807) is 0 Å². The van der Waals surface area contributed by atoms with Crippen LogP contribution in [0.2, 0.25) is 0 Å². The summed E-state index contributed by atoms with van der Waals surface area (Å²) in [5, 5.41) is 11.6. The monoisotopic (exact) mass is 394 g/mol. The second-order valence-corrected chi connectivity index (χ2v) is 7.18. The van der Waals surface area contributed by atoms with Crippen molar-refractivity contribution in [1.29, 1.82) is 0 Å². The average molecular weight is 394 g/mol. The highest BCUT2D eigenvalue weighted by atomic mass is 32.2. The van der Waals surface area contributed by atoms with Crippen LogP contribution in [0.15, 0.2) is 29.2 Å². The van der Waals surface area contributed by atoms with Crippen LogP contribution in [0, 0.1) is 0 Å². The Bertz CT molecular complexity index is 724. The van der Waals surface area contributed by atoms with Gasteiger partial charge in [0.1, 0.15) is 18.4 Å². The van der Waals surface area contributed by atoms with Gasteiger partial charge in [-0.05, 0) is 31.2 Å². The third-order valence-electron chi connectivity index (χ3n) is 3.30. The number of ether oxygens (including phenoxy) is 1. The number of rotatable bonds is 10. The van der Waals surface area contributed by atoms with E-state index in [4.69, 9.17) is 9.84 Å². The Hall–Kier alpha value is -2.27. The van der Waals surface area contributed by atoms with E-state index >= 15 is 0 Å². The van der Waals surface area contributed by atoms with E-state index in [0.29, 0.717) is 0 Å². The summed E-state index contributed by atoms with van der Waals surface area (Å²) in [5.74, 6) is -1.68. The summed E-state index contributed by atoms with van der Waals surface area (Å²) < 4.78 is 55.2. The number of benzene rings is 1. The second-order valence-electron chi connectivity index (χ2n) is 5.29. The molecule has 0 heterocycles. The van der Waals surface area contributed by atoms with Gasteiger partial charge in [0.15, 0.2) is 0 Å². The van der Waals surface area contributed by atoms with Crippen molar-refractivity contribution in [2.75, 3.05) is 19.7 Å². The minimum atomic E-state index is -4.19. The molecule has 1 amide bonds. The van der Waals surface area contributed by atoms with Crippen LogP contribution in [0.4, 0.5) is 8.78 Å². The Morgan fingerprint density at radius 2 is 1.85 bits per heavy atom. The maximum Gasteiger partial charge on any atom is 0.321 e. The van der Waals surface area contributed by atoms with E-state index in [0.717, 1.165) is 16.4 Å². The summed E-state index contributed by atoms with van der Waals surface area (Å²) in [6, 6.07) is 3.30. The number of nitrogens with one attached hydrogen (secondary N) is 1. The highest BCUT2D eigenvalue weighted by Gasteiger charge is 2.32. The van der Waals surface area contributed by atoms with E-state index in [1.807, 2.05) is 0 Å². The predicted molar refractivity (Wildman–Crippen MR) is 87.6 cm³/mol. The number of hydrogen-bond acceptors (Lipinski definition) is 5. The van der Waals surface area contributed by atoms with Gasteiger partial charge in [-0.1, -0.05) is 0 Å². The topological polar surface area (TPSA) is 113 Å². The first-order valence-corrected chi connectivity index (χ1v) is 8.99. The van der Waals surface area contributed by atoms with Gasteiger partial charge in [0.2, 0.25) is 15.9 Å². The molecule has 1 aromatic carbocycles. The van der Waals surface area contributed by atoms with Gasteiger partial charge in [-0.3, -0.25) is 9.59 Å². The normalized spacial score (nSPS) is 12.8. The maximum atomic E-state index is 12.7. The lowest BCUT2D eigenvalue weighted by atomic mass is 10.3. The zero-order chi connectivity index (χ0) is 19.9. The fourth-order valence-electron chi connectivity index (χ4n) is 1.99. The van der Waals surface area contributed by atoms with Crippen LogP contribution in [0.5, 0.6) is 5.75 Å². The van der Waals surface area contributed by atoms with Crippen LogP contribution in [-0.4, -0.2) is 61.9 Å². The predicted octanol–water partition coefficient (Wildman–Crippen LogP) is 0.930. The van der Waals surface area contributed by atoms with Crippen LogP contribution in [0.25, 0.3) is 0 Å². The zero-order valence-corrected chi connectivity index (χ0v) is 15.0. The van der Waals surface area contributed by atoms with Gasteiger partial charge in [0, 0.05) is 20.0 Å². The van der Waals surface area contributed by atoms with Gasteiger partial charge in [0.05, 0.1) is 4.90 Å². The van der Waals surface area contributed by atoms with Crippen molar-refractivity contribution in [3.63, 3.8) is 0 Å². The molecule has 0 saturated heterocycles. The van der Waals surface area contributed by atoms with Gasteiger partial charge in [-0.15, -0.1) is 0 Å². The number of amides is 1.